The Hall–Kier alpha value is -1.89. The first-order chi connectivity index (χ1) is 9.56. The van der Waals surface area contributed by atoms with Gasteiger partial charge in [-0.15, -0.1) is 11.3 Å². The summed E-state index contributed by atoms with van der Waals surface area (Å²) in [5.41, 5.74) is 6.25. The van der Waals surface area contributed by atoms with Crippen molar-refractivity contribution in [2.45, 2.75) is 33.7 Å². The van der Waals surface area contributed by atoms with Crippen LogP contribution in [0, 0.1) is 6.92 Å². The number of rotatable bonds is 5. The van der Waals surface area contributed by atoms with Gasteiger partial charge in [-0.05, 0) is 13.8 Å². The van der Waals surface area contributed by atoms with Crippen LogP contribution in [0.3, 0.4) is 0 Å². The van der Waals surface area contributed by atoms with Gasteiger partial charge < -0.3 is 15.0 Å². The van der Waals surface area contributed by atoms with E-state index in [9.17, 15) is 4.79 Å². The van der Waals surface area contributed by atoms with Crippen LogP contribution in [0.1, 0.15) is 40.0 Å². The van der Waals surface area contributed by atoms with Crippen molar-refractivity contribution in [1.29, 1.82) is 0 Å². The molecule has 20 heavy (non-hydrogen) atoms. The van der Waals surface area contributed by atoms with Crippen LogP contribution >= 0.6 is 11.3 Å². The standard InChI is InChI=1S/C13H18N4O2S/c1-4-10-16-11(13(18)19-5-2)12(14)17(10)7-9-6-15-8(3)20-9/h6H,4-5,7,14H2,1-3H3. The quantitative estimate of drug-likeness (QED) is 0.853. The molecule has 0 fully saturated rings. The third-order valence-electron chi connectivity index (χ3n) is 2.85. The number of nitrogen functional groups attached to an aromatic ring is 1. The maximum atomic E-state index is 11.8. The number of hydrogen-bond donors (Lipinski definition) is 1. The topological polar surface area (TPSA) is 83.0 Å². The average Bonchev–Trinajstić information content (AvgIpc) is 2.96. The van der Waals surface area contributed by atoms with Gasteiger partial charge >= 0.3 is 5.97 Å². The first-order valence-electron chi connectivity index (χ1n) is 6.50. The van der Waals surface area contributed by atoms with E-state index in [0.29, 0.717) is 25.4 Å². The summed E-state index contributed by atoms with van der Waals surface area (Å²) in [6.45, 7) is 6.57. The van der Waals surface area contributed by atoms with Gasteiger partial charge in [0, 0.05) is 17.5 Å². The average molecular weight is 294 g/mol. The van der Waals surface area contributed by atoms with Gasteiger partial charge in [0.1, 0.15) is 11.6 Å². The Balaban J connectivity index is 2.34. The summed E-state index contributed by atoms with van der Waals surface area (Å²) in [6.07, 6.45) is 2.52. The van der Waals surface area contributed by atoms with Crippen LogP contribution in [-0.2, 0) is 17.7 Å². The fraction of sp³-hybridized carbons (Fsp3) is 0.462. The van der Waals surface area contributed by atoms with Gasteiger partial charge in [-0.1, -0.05) is 6.92 Å². The van der Waals surface area contributed by atoms with Crippen LogP contribution < -0.4 is 5.73 Å². The number of esters is 1. The van der Waals surface area contributed by atoms with E-state index < -0.39 is 5.97 Å². The highest BCUT2D eigenvalue weighted by Crippen LogP contribution is 2.21. The number of hydrogen-bond acceptors (Lipinski definition) is 6. The molecular weight excluding hydrogens is 276 g/mol. The number of imidazole rings is 1. The van der Waals surface area contributed by atoms with Crippen LogP contribution in [0.15, 0.2) is 6.20 Å². The van der Waals surface area contributed by atoms with E-state index in [1.807, 2.05) is 24.6 Å². The smallest absolute Gasteiger partial charge is 0.360 e. The lowest BCUT2D eigenvalue weighted by Crippen LogP contribution is -2.10. The second-order valence-corrected chi connectivity index (χ2v) is 5.59. The van der Waals surface area contributed by atoms with Gasteiger partial charge in [0.05, 0.1) is 18.2 Å². The molecule has 0 saturated heterocycles. The van der Waals surface area contributed by atoms with E-state index in [1.165, 1.54) is 0 Å². The highest BCUT2D eigenvalue weighted by Gasteiger charge is 2.21. The molecule has 2 aromatic heterocycles. The molecule has 0 spiro atoms. The van der Waals surface area contributed by atoms with Gasteiger partial charge in [-0.3, -0.25) is 0 Å². The maximum absolute atomic E-state index is 11.8. The molecule has 108 valence electrons. The van der Waals surface area contributed by atoms with E-state index in [0.717, 1.165) is 15.7 Å². The number of aryl methyl sites for hydroxylation is 2. The number of anilines is 1. The number of nitrogens with zero attached hydrogens (tertiary/aromatic N) is 3. The molecule has 0 amide bonds. The summed E-state index contributed by atoms with van der Waals surface area (Å²) in [4.78, 5) is 21.4. The van der Waals surface area contributed by atoms with Gasteiger partial charge in [0.15, 0.2) is 5.69 Å². The van der Waals surface area contributed by atoms with Crippen molar-refractivity contribution < 1.29 is 9.53 Å². The number of thiazole rings is 1. The van der Waals surface area contributed by atoms with Crippen molar-refractivity contribution in [3.63, 3.8) is 0 Å². The minimum absolute atomic E-state index is 0.199. The van der Waals surface area contributed by atoms with E-state index in [4.69, 9.17) is 10.5 Å². The number of carbonyl (C=O) groups is 1. The Labute approximate surface area is 121 Å². The minimum Gasteiger partial charge on any atom is -0.461 e. The van der Waals surface area contributed by atoms with Crippen LogP contribution in [0.4, 0.5) is 5.82 Å². The normalized spacial score (nSPS) is 10.8. The third-order valence-corrected chi connectivity index (χ3v) is 3.75. The van der Waals surface area contributed by atoms with Gasteiger partial charge in [-0.2, -0.15) is 0 Å². The van der Waals surface area contributed by atoms with Crippen LogP contribution in [0.5, 0.6) is 0 Å². The van der Waals surface area contributed by atoms with Crippen LogP contribution in [0.2, 0.25) is 0 Å². The van der Waals surface area contributed by atoms with Gasteiger partial charge in [-0.25, -0.2) is 14.8 Å². The van der Waals surface area contributed by atoms with E-state index >= 15 is 0 Å². The Morgan fingerprint density at radius 2 is 2.25 bits per heavy atom. The summed E-state index contributed by atoms with van der Waals surface area (Å²) < 4.78 is 6.82. The number of ether oxygens (including phenoxy) is 1. The molecule has 0 aliphatic heterocycles. The second-order valence-electron chi connectivity index (χ2n) is 4.27. The van der Waals surface area contributed by atoms with E-state index in [-0.39, 0.29) is 5.69 Å². The highest BCUT2D eigenvalue weighted by molar-refractivity contribution is 7.11. The molecule has 0 aromatic carbocycles. The molecule has 0 bridgehead atoms. The molecule has 2 heterocycles. The lowest BCUT2D eigenvalue weighted by atomic mass is 10.4. The summed E-state index contributed by atoms with van der Waals surface area (Å²) in [7, 11) is 0. The summed E-state index contributed by atoms with van der Waals surface area (Å²) in [6, 6.07) is 0. The molecular formula is C13H18N4O2S. The zero-order chi connectivity index (χ0) is 14.7. The van der Waals surface area contributed by atoms with Crippen molar-refractivity contribution in [1.82, 2.24) is 14.5 Å². The first kappa shape index (κ1) is 14.5. The molecule has 7 heteroatoms. The molecule has 0 aliphatic carbocycles. The fourth-order valence-corrected chi connectivity index (χ4v) is 2.73. The van der Waals surface area contributed by atoms with Crippen LogP contribution in [0.25, 0.3) is 0 Å². The van der Waals surface area contributed by atoms with Crippen molar-refractivity contribution >= 4 is 23.1 Å². The Morgan fingerprint density at radius 3 is 2.80 bits per heavy atom. The Bertz CT molecular complexity index is 618. The lowest BCUT2D eigenvalue weighted by Gasteiger charge is -2.06. The third kappa shape index (κ3) is 2.82. The van der Waals surface area contributed by atoms with E-state index in [2.05, 4.69) is 9.97 Å². The largest absolute Gasteiger partial charge is 0.461 e. The number of nitrogens with two attached hydrogens (primary N) is 1. The summed E-state index contributed by atoms with van der Waals surface area (Å²) in [5, 5.41) is 1.00. The Kier molecular flexibility index (Phi) is 4.39. The van der Waals surface area contributed by atoms with Gasteiger partial charge in [0.2, 0.25) is 0 Å². The fourth-order valence-electron chi connectivity index (χ4n) is 1.94. The SMILES string of the molecule is CCOC(=O)c1nc(CC)n(Cc2cnc(C)s2)c1N. The van der Waals surface area contributed by atoms with E-state index in [1.54, 1.807) is 18.3 Å². The molecule has 0 atom stereocenters. The molecule has 0 radical (unpaired) electrons. The van der Waals surface area contributed by atoms with Crippen molar-refractivity contribution in [3.05, 3.63) is 27.6 Å². The van der Waals surface area contributed by atoms with Crippen molar-refractivity contribution in [2.75, 3.05) is 12.3 Å². The molecule has 0 saturated carbocycles. The summed E-state index contributed by atoms with van der Waals surface area (Å²) in [5.74, 6) is 0.655. The monoisotopic (exact) mass is 294 g/mol. The predicted octanol–water partition coefficient (Wildman–Crippen LogP) is 2.02. The first-order valence-corrected chi connectivity index (χ1v) is 7.31. The molecule has 0 unspecified atom stereocenters. The molecule has 2 rings (SSSR count). The molecule has 2 aromatic rings. The Morgan fingerprint density at radius 1 is 1.50 bits per heavy atom. The molecule has 6 nitrogen and oxygen atoms in total. The number of carbonyl (C=O) groups excluding carboxylic acids is 1. The second kappa shape index (κ2) is 6.04. The molecule has 0 aliphatic rings. The van der Waals surface area contributed by atoms with Crippen molar-refractivity contribution in [3.8, 4) is 0 Å². The van der Waals surface area contributed by atoms with Gasteiger partial charge in [0.25, 0.3) is 0 Å². The lowest BCUT2D eigenvalue weighted by molar-refractivity contribution is 0.0521. The number of aromatic nitrogens is 3. The summed E-state index contributed by atoms with van der Waals surface area (Å²) >= 11 is 1.61. The van der Waals surface area contributed by atoms with Crippen LogP contribution in [-0.4, -0.2) is 27.1 Å². The maximum Gasteiger partial charge on any atom is 0.360 e. The zero-order valence-electron chi connectivity index (χ0n) is 11.8. The molecule has 2 N–H and O–H groups in total. The predicted molar refractivity (Wildman–Crippen MR) is 77.9 cm³/mol. The minimum atomic E-state index is -0.473. The zero-order valence-corrected chi connectivity index (χ0v) is 12.7. The van der Waals surface area contributed by atoms with Crippen molar-refractivity contribution in [2.24, 2.45) is 0 Å². The highest BCUT2D eigenvalue weighted by atomic mass is 32.1.